The summed E-state index contributed by atoms with van der Waals surface area (Å²) in [5, 5.41) is 3.94. The van der Waals surface area contributed by atoms with E-state index in [0.717, 1.165) is 46.8 Å². The largest absolute Gasteiger partial charge is 0.352 e. The molecule has 3 aromatic rings. The van der Waals surface area contributed by atoms with Crippen molar-refractivity contribution in [2.45, 2.75) is 56.5 Å². The van der Waals surface area contributed by atoms with E-state index in [1.54, 1.807) is 16.7 Å². The van der Waals surface area contributed by atoms with Gasteiger partial charge in [0.25, 0.3) is 0 Å². The third-order valence-corrected chi connectivity index (χ3v) is 8.37. The fourth-order valence-electron chi connectivity index (χ4n) is 4.67. The predicted molar refractivity (Wildman–Crippen MR) is 157 cm³/mol. The maximum atomic E-state index is 13.7. The molecular formula is C30H32BrClN2O2S. The van der Waals surface area contributed by atoms with Crippen molar-refractivity contribution in [3.05, 3.63) is 105 Å². The zero-order chi connectivity index (χ0) is 26.0. The standard InChI is InChI=1S/C30H32BrClN2O2S/c31-25-15-13-23(14-16-25)19-34(29(35)21-37-20-24-9-6-10-26(32)17-24)28(18-22-7-2-1-3-8-22)30(36)33-27-11-4-5-12-27/h1-3,6-10,13-17,27-28H,4-5,11-12,18-21H2,(H,33,36). The second-order valence-electron chi connectivity index (χ2n) is 9.47. The molecule has 0 aliphatic heterocycles. The molecule has 2 amide bonds. The van der Waals surface area contributed by atoms with Gasteiger partial charge in [0.05, 0.1) is 5.75 Å². The summed E-state index contributed by atoms with van der Waals surface area (Å²) in [4.78, 5) is 29.2. The molecule has 194 valence electrons. The lowest BCUT2D eigenvalue weighted by Crippen LogP contribution is -2.52. The number of amides is 2. The van der Waals surface area contributed by atoms with Crippen molar-refractivity contribution in [3.63, 3.8) is 0 Å². The molecule has 0 bridgehead atoms. The van der Waals surface area contributed by atoms with Gasteiger partial charge < -0.3 is 10.2 Å². The number of carbonyl (C=O) groups is 2. The Morgan fingerprint density at radius 3 is 2.35 bits per heavy atom. The van der Waals surface area contributed by atoms with Gasteiger partial charge in [-0.2, -0.15) is 0 Å². The molecule has 0 aromatic heterocycles. The van der Waals surface area contributed by atoms with Gasteiger partial charge in [-0.25, -0.2) is 0 Å². The van der Waals surface area contributed by atoms with Crippen LogP contribution in [0.2, 0.25) is 5.02 Å². The lowest BCUT2D eigenvalue weighted by atomic mass is 10.0. The van der Waals surface area contributed by atoms with E-state index >= 15 is 0 Å². The second-order valence-corrected chi connectivity index (χ2v) is 11.8. The zero-order valence-corrected chi connectivity index (χ0v) is 23.9. The van der Waals surface area contributed by atoms with E-state index in [2.05, 4.69) is 21.2 Å². The van der Waals surface area contributed by atoms with Crippen molar-refractivity contribution in [2.75, 3.05) is 5.75 Å². The minimum atomic E-state index is -0.592. The van der Waals surface area contributed by atoms with E-state index in [1.165, 1.54) is 0 Å². The van der Waals surface area contributed by atoms with Crippen LogP contribution in [0, 0.1) is 0 Å². The fraction of sp³-hybridized carbons (Fsp3) is 0.333. The van der Waals surface area contributed by atoms with Crippen LogP contribution in [0.15, 0.2) is 83.3 Å². The van der Waals surface area contributed by atoms with E-state index in [1.807, 2.05) is 78.9 Å². The van der Waals surface area contributed by atoms with Crippen LogP contribution in [0.5, 0.6) is 0 Å². The molecule has 1 N–H and O–H groups in total. The molecule has 4 nitrogen and oxygen atoms in total. The number of halogens is 2. The Morgan fingerprint density at radius 2 is 1.65 bits per heavy atom. The van der Waals surface area contributed by atoms with Gasteiger partial charge in [0.1, 0.15) is 6.04 Å². The molecule has 1 saturated carbocycles. The number of thioether (sulfide) groups is 1. The van der Waals surface area contributed by atoms with Crippen LogP contribution in [-0.4, -0.2) is 34.6 Å². The summed E-state index contributed by atoms with van der Waals surface area (Å²) in [5.41, 5.74) is 3.10. The van der Waals surface area contributed by atoms with Crippen molar-refractivity contribution >= 4 is 51.1 Å². The maximum absolute atomic E-state index is 13.7. The molecule has 1 unspecified atom stereocenters. The van der Waals surface area contributed by atoms with Gasteiger partial charge in [-0.05, 0) is 53.8 Å². The first-order valence-corrected chi connectivity index (χ1v) is 15.0. The van der Waals surface area contributed by atoms with Crippen LogP contribution in [0.25, 0.3) is 0 Å². The van der Waals surface area contributed by atoms with E-state index in [9.17, 15) is 9.59 Å². The van der Waals surface area contributed by atoms with Gasteiger partial charge in [-0.1, -0.05) is 95.0 Å². The number of nitrogens with zero attached hydrogens (tertiary/aromatic N) is 1. The molecule has 0 radical (unpaired) electrons. The first-order valence-electron chi connectivity index (χ1n) is 12.7. The first kappa shape index (κ1) is 27.7. The number of rotatable bonds is 11. The summed E-state index contributed by atoms with van der Waals surface area (Å²) in [6.07, 6.45) is 4.74. The molecule has 3 aromatic carbocycles. The molecular weight excluding hydrogens is 568 g/mol. The highest BCUT2D eigenvalue weighted by molar-refractivity contribution is 9.10. The normalized spacial score (nSPS) is 14.3. The van der Waals surface area contributed by atoms with Crippen molar-refractivity contribution in [3.8, 4) is 0 Å². The first-order chi connectivity index (χ1) is 18.0. The number of nitrogens with one attached hydrogen (secondary N) is 1. The summed E-state index contributed by atoms with van der Waals surface area (Å²) < 4.78 is 0.978. The van der Waals surface area contributed by atoms with Gasteiger partial charge in [0.2, 0.25) is 11.8 Å². The summed E-state index contributed by atoms with van der Waals surface area (Å²) in [6.45, 7) is 0.374. The number of hydrogen-bond acceptors (Lipinski definition) is 3. The second kappa shape index (κ2) is 14.0. The molecule has 0 spiro atoms. The minimum absolute atomic E-state index is 0.0440. The molecule has 1 aliphatic rings. The van der Waals surface area contributed by atoms with Crippen LogP contribution in [-0.2, 0) is 28.3 Å². The molecule has 1 atom stereocenters. The van der Waals surface area contributed by atoms with Gasteiger partial charge in [-0.3, -0.25) is 9.59 Å². The van der Waals surface area contributed by atoms with Gasteiger partial charge in [-0.15, -0.1) is 11.8 Å². The van der Waals surface area contributed by atoms with E-state index in [-0.39, 0.29) is 23.6 Å². The van der Waals surface area contributed by atoms with Crippen LogP contribution in [0.4, 0.5) is 0 Å². The van der Waals surface area contributed by atoms with E-state index in [4.69, 9.17) is 11.6 Å². The minimum Gasteiger partial charge on any atom is -0.352 e. The Kier molecular flexibility index (Phi) is 10.5. The summed E-state index contributed by atoms with van der Waals surface area (Å²) in [6, 6.07) is 25.2. The van der Waals surface area contributed by atoms with Crippen LogP contribution in [0.1, 0.15) is 42.4 Å². The predicted octanol–water partition coefficient (Wildman–Crippen LogP) is 7.03. The van der Waals surface area contributed by atoms with Crippen LogP contribution < -0.4 is 5.32 Å². The zero-order valence-electron chi connectivity index (χ0n) is 20.7. The molecule has 37 heavy (non-hydrogen) atoms. The molecule has 1 aliphatic carbocycles. The Labute approximate surface area is 237 Å². The smallest absolute Gasteiger partial charge is 0.243 e. The van der Waals surface area contributed by atoms with Crippen molar-refractivity contribution in [2.24, 2.45) is 0 Å². The van der Waals surface area contributed by atoms with E-state index in [0.29, 0.717) is 23.7 Å². The topological polar surface area (TPSA) is 49.4 Å². The molecule has 4 rings (SSSR count). The average Bonchev–Trinajstić information content (AvgIpc) is 3.41. The Hall–Kier alpha value is -2.28. The quantitative estimate of drug-likeness (QED) is 0.257. The van der Waals surface area contributed by atoms with Crippen molar-refractivity contribution in [1.82, 2.24) is 10.2 Å². The summed E-state index contributed by atoms with van der Waals surface area (Å²) in [7, 11) is 0. The molecule has 0 saturated heterocycles. The lowest BCUT2D eigenvalue weighted by molar-refractivity contribution is -0.139. The highest BCUT2D eigenvalue weighted by Crippen LogP contribution is 2.22. The molecule has 1 fully saturated rings. The third-order valence-electron chi connectivity index (χ3n) is 6.62. The van der Waals surface area contributed by atoms with Crippen molar-refractivity contribution in [1.29, 1.82) is 0 Å². The van der Waals surface area contributed by atoms with Crippen molar-refractivity contribution < 1.29 is 9.59 Å². The highest BCUT2D eigenvalue weighted by Gasteiger charge is 2.32. The Bertz CT molecular complexity index is 1170. The number of hydrogen-bond donors (Lipinski definition) is 1. The molecule has 0 heterocycles. The SMILES string of the molecule is O=C(NC1CCCC1)C(Cc1ccccc1)N(Cc1ccc(Br)cc1)C(=O)CSCc1cccc(Cl)c1. The summed E-state index contributed by atoms with van der Waals surface area (Å²) in [5.74, 6) is 0.847. The van der Waals surface area contributed by atoms with Crippen LogP contribution >= 0.6 is 39.3 Å². The average molecular weight is 600 g/mol. The van der Waals surface area contributed by atoms with Gasteiger partial charge in [0.15, 0.2) is 0 Å². The fourth-order valence-corrected chi connectivity index (χ4v) is 6.01. The third kappa shape index (κ3) is 8.62. The van der Waals surface area contributed by atoms with Crippen LogP contribution in [0.3, 0.4) is 0 Å². The monoisotopic (exact) mass is 598 g/mol. The van der Waals surface area contributed by atoms with Gasteiger partial charge in [0, 0.05) is 34.3 Å². The highest BCUT2D eigenvalue weighted by atomic mass is 79.9. The summed E-state index contributed by atoms with van der Waals surface area (Å²) >= 11 is 11.2. The number of carbonyl (C=O) groups excluding carboxylic acids is 2. The maximum Gasteiger partial charge on any atom is 0.243 e. The number of benzene rings is 3. The Morgan fingerprint density at radius 1 is 0.946 bits per heavy atom. The van der Waals surface area contributed by atoms with Gasteiger partial charge >= 0.3 is 0 Å². The molecule has 7 heteroatoms. The lowest BCUT2D eigenvalue weighted by Gasteiger charge is -2.32. The Balaban J connectivity index is 1.56. The van der Waals surface area contributed by atoms with E-state index < -0.39 is 6.04 Å².